The molecular weight excluding hydrogens is 472 g/mol. The molecule has 0 rings (SSSR count). The number of unbranched alkanes of at least 4 members (excludes halogenated alkanes) is 21. The van der Waals surface area contributed by atoms with Gasteiger partial charge in [0.05, 0.1) is 0 Å². The van der Waals surface area contributed by atoms with Crippen molar-refractivity contribution in [3.63, 3.8) is 0 Å². The summed E-state index contributed by atoms with van der Waals surface area (Å²) in [5.74, 6) is 0. The predicted octanol–water partition coefficient (Wildman–Crippen LogP) is 11.5. The zero-order valence-electron chi connectivity index (χ0n) is 26.0. The number of hydrogen-bond donors (Lipinski definition) is 0. The molecule has 4 heteroatoms. The molecule has 0 spiro atoms. The fourth-order valence-electron chi connectivity index (χ4n) is 4.82. The molecule has 0 aliphatic rings. The van der Waals surface area contributed by atoms with Crippen LogP contribution in [0.5, 0.6) is 0 Å². The molecule has 0 aromatic rings. The highest BCUT2D eigenvalue weighted by Crippen LogP contribution is 2.22. The maximum atomic E-state index is 6.48. The Morgan fingerprint density at radius 1 is 0.405 bits per heavy atom. The second kappa shape index (κ2) is 28.8. The fourth-order valence-corrected chi connectivity index (χ4v) is 7.05. The normalized spacial score (nSPS) is 11.9. The average molecular weight is 541 g/mol. The summed E-state index contributed by atoms with van der Waals surface area (Å²) < 4.78 is 19.4. The molecule has 37 heavy (non-hydrogen) atoms. The van der Waals surface area contributed by atoms with Crippen LogP contribution in [-0.2, 0) is 13.3 Å². The maximum Gasteiger partial charge on any atom is 0.532 e. The molecule has 222 valence electrons. The Labute approximate surface area is 235 Å². The Hall–Kier alpha value is -0.163. The van der Waals surface area contributed by atoms with Gasteiger partial charge in [-0.25, -0.2) is 0 Å². The van der Waals surface area contributed by atoms with Crippen LogP contribution in [0.3, 0.4) is 0 Å². The Balaban J connectivity index is 4.41. The quantitative estimate of drug-likeness (QED) is 0.0646. The minimum absolute atomic E-state index is 0.739. The summed E-state index contributed by atoms with van der Waals surface area (Å²) in [6, 6.07) is 0. The summed E-state index contributed by atoms with van der Waals surface area (Å²) in [7, 11) is -2.83. The molecule has 0 aliphatic carbocycles. The highest BCUT2D eigenvalue weighted by atomic mass is 28.4. The minimum atomic E-state index is -2.83. The fraction of sp³-hybridized carbons (Fsp3) is 0.939. The van der Waals surface area contributed by atoms with E-state index in [-0.39, 0.29) is 0 Å². The van der Waals surface area contributed by atoms with E-state index in [4.69, 9.17) is 13.3 Å². The highest BCUT2D eigenvalue weighted by Gasteiger charge is 2.42. The molecule has 0 unspecified atom stereocenters. The standard InChI is InChI=1S/C33H68O3Si/c1-6-9-12-15-18-21-24-27-30-34-37(33(4)5,35-31-28-25-22-19-16-13-10-7-2)36-32-29-26-23-20-17-14-11-8-3/h4,6-32H2,1-3,5H3. The number of rotatable bonds is 31. The van der Waals surface area contributed by atoms with Gasteiger partial charge in [-0.2, -0.15) is 0 Å². The van der Waals surface area contributed by atoms with Gasteiger partial charge in [0.2, 0.25) is 0 Å². The van der Waals surface area contributed by atoms with E-state index in [2.05, 4.69) is 34.3 Å². The third-order valence-electron chi connectivity index (χ3n) is 7.39. The van der Waals surface area contributed by atoms with Crippen molar-refractivity contribution in [2.75, 3.05) is 19.8 Å². The zero-order chi connectivity index (χ0) is 27.3. The van der Waals surface area contributed by atoms with Gasteiger partial charge >= 0.3 is 8.80 Å². The molecule has 0 heterocycles. The molecule has 0 aromatic carbocycles. The summed E-state index contributed by atoms with van der Waals surface area (Å²) in [6.45, 7) is 15.4. The summed E-state index contributed by atoms with van der Waals surface area (Å²) >= 11 is 0. The number of hydrogen-bond acceptors (Lipinski definition) is 3. The van der Waals surface area contributed by atoms with Crippen LogP contribution >= 0.6 is 0 Å². The average Bonchev–Trinajstić information content (AvgIpc) is 2.89. The summed E-state index contributed by atoms with van der Waals surface area (Å²) in [6.07, 6.45) is 31.4. The van der Waals surface area contributed by atoms with E-state index in [0.29, 0.717) is 0 Å². The van der Waals surface area contributed by atoms with Gasteiger partial charge in [-0.05, 0) is 31.4 Å². The van der Waals surface area contributed by atoms with E-state index in [1.54, 1.807) is 0 Å². The van der Waals surface area contributed by atoms with Crippen molar-refractivity contribution >= 4 is 8.80 Å². The second-order valence-electron chi connectivity index (χ2n) is 11.3. The first-order valence-corrected chi connectivity index (χ1v) is 18.4. The molecule has 0 radical (unpaired) electrons. The summed E-state index contributed by atoms with van der Waals surface area (Å²) in [5, 5.41) is 0.978. The van der Waals surface area contributed by atoms with Crippen molar-refractivity contribution in [1.29, 1.82) is 0 Å². The lowest BCUT2D eigenvalue weighted by Gasteiger charge is -2.30. The monoisotopic (exact) mass is 540 g/mol. The SMILES string of the molecule is C=C(C)[Si](OCCCCCCCCCC)(OCCCCCCCCCC)OCCCCCCCCCC. The third kappa shape index (κ3) is 23.4. The topological polar surface area (TPSA) is 27.7 Å². The van der Waals surface area contributed by atoms with Gasteiger partial charge in [-0.3, -0.25) is 0 Å². The number of allylic oxidation sites excluding steroid dienone is 1. The van der Waals surface area contributed by atoms with E-state index < -0.39 is 8.80 Å². The van der Waals surface area contributed by atoms with Crippen LogP contribution in [0.4, 0.5) is 0 Å². The molecule has 3 nitrogen and oxygen atoms in total. The molecule has 0 fully saturated rings. The van der Waals surface area contributed by atoms with Crippen LogP contribution in [0.1, 0.15) is 182 Å². The molecule has 0 saturated carbocycles. The smallest absolute Gasteiger partial charge is 0.370 e. The minimum Gasteiger partial charge on any atom is -0.370 e. The van der Waals surface area contributed by atoms with E-state index in [0.717, 1.165) is 44.3 Å². The van der Waals surface area contributed by atoms with Crippen molar-refractivity contribution in [3.05, 3.63) is 11.8 Å². The van der Waals surface area contributed by atoms with Crippen LogP contribution in [0.25, 0.3) is 0 Å². The molecule has 0 saturated heterocycles. The van der Waals surface area contributed by atoms with Crippen LogP contribution in [0.15, 0.2) is 11.8 Å². The molecule has 0 aromatic heterocycles. The Morgan fingerprint density at radius 2 is 0.622 bits per heavy atom. The molecular formula is C33H68O3Si. The second-order valence-corrected chi connectivity index (χ2v) is 14.1. The maximum absolute atomic E-state index is 6.48. The van der Waals surface area contributed by atoms with Crippen molar-refractivity contribution < 1.29 is 13.3 Å². The largest absolute Gasteiger partial charge is 0.532 e. The Morgan fingerprint density at radius 3 is 0.838 bits per heavy atom. The van der Waals surface area contributed by atoms with Crippen molar-refractivity contribution in [3.8, 4) is 0 Å². The van der Waals surface area contributed by atoms with Gasteiger partial charge in [-0.1, -0.05) is 162 Å². The predicted molar refractivity (Wildman–Crippen MR) is 166 cm³/mol. The molecule has 0 amide bonds. The molecule has 0 atom stereocenters. The van der Waals surface area contributed by atoms with E-state index in [9.17, 15) is 0 Å². The zero-order valence-corrected chi connectivity index (χ0v) is 27.0. The summed E-state index contributed by atoms with van der Waals surface area (Å²) in [5.41, 5.74) is 0. The van der Waals surface area contributed by atoms with Gasteiger partial charge in [0.1, 0.15) is 0 Å². The van der Waals surface area contributed by atoms with Crippen LogP contribution in [-0.4, -0.2) is 28.6 Å². The van der Waals surface area contributed by atoms with Crippen molar-refractivity contribution in [2.45, 2.75) is 182 Å². The summed E-state index contributed by atoms with van der Waals surface area (Å²) in [4.78, 5) is 0. The Bertz CT molecular complexity index is 413. The van der Waals surface area contributed by atoms with E-state index >= 15 is 0 Å². The molecule has 0 aliphatic heterocycles. The van der Waals surface area contributed by atoms with E-state index in [1.807, 2.05) is 0 Å². The lowest BCUT2D eigenvalue weighted by molar-refractivity contribution is 0.0641. The van der Waals surface area contributed by atoms with Crippen molar-refractivity contribution in [2.24, 2.45) is 0 Å². The highest BCUT2D eigenvalue weighted by molar-refractivity contribution is 6.68. The van der Waals surface area contributed by atoms with E-state index in [1.165, 1.54) is 135 Å². The first kappa shape index (κ1) is 36.8. The lowest BCUT2D eigenvalue weighted by Crippen LogP contribution is -2.48. The first-order valence-electron chi connectivity index (χ1n) is 16.7. The van der Waals surface area contributed by atoms with Crippen LogP contribution in [0.2, 0.25) is 0 Å². The first-order chi connectivity index (χ1) is 18.1. The third-order valence-corrected chi connectivity index (χ3v) is 10.2. The van der Waals surface area contributed by atoms with Gasteiger partial charge in [0, 0.05) is 19.8 Å². The lowest BCUT2D eigenvalue weighted by atomic mass is 10.1. The molecule has 0 bridgehead atoms. The van der Waals surface area contributed by atoms with Crippen LogP contribution in [0, 0.1) is 0 Å². The van der Waals surface area contributed by atoms with Crippen molar-refractivity contribution in [1.82, 2.24) is 0 Å². The Kier molecular flexibility index (Phi) is 28.7. The molecule has 0 N–H and O–H groups in total. The van der Waals surface area contributed by atoms with Gasteiger partial charge in [-0.15, -0.1) is 0 Å². The van der Waals surface area contributed by atoms with Gasteiger partial charge < -0.3 is 13.3 Å². The van der Waals surface area contributed by atoms with Gasteiger partial charge in [0.15, 0.2) is 0 Å². The van der Waals surface area contributed by atoms with Gasteiger partial charge in [0.25, 0.3) is 0 Å². The van der Waals surface area contributed by atoms with Crippen LogP contribution < -0.4 is 0 Å².